The number of thioether (sulfide) groups is 1. The van der Waals surface area contributed by atoms with Gasteiger partial charge in [0.05, 0.1) is 18.6 Å². The number of hydrogen-bond donors (Lipinski definition) is 1. The average Bonchev–Trinajstić information content (AvgIpc) is 3.32. The van der Waals surface area contributed by atoms with Gasteiger partial charge < -0.3 is 10.1 Å². The van der Waals surface area contributed by atoms with E-state index in [1.54, 1.807) is 49.8 Å². The van der Waals surface area contributed by atoms with Gasteiger partial charge in [0.15, 0.2) is 10.9 Å². The van der Waals surface area contributed by atoms with Crippen LogP contribution in [0.5, 0.6) is 5.75 Å². The molecular formula is C24H20N4O3S. The zero-order valence-electron chi connectivity index (χ0n) is 17.3. The molecule has 0 saturated heterocycles. The molecule has 0 fully saturated rings. The molecule has 1 N–H and O–H groups in total. The number of ether oxygens (including phenoxy) is 1. The molecule has 0 spiro atoms. The summed E-state index contributed by atoms with van der Waals surface area (Å²) in [6.45, 7) is 0. The molecule has 0 atom stereocenters. The van der Waals surface area contributed by atoms with Crippen LogP contribution in [0, 0.1) is 0 Å². The molecular weight excluding hydrogens is 424 g/mol. The molecule has 0 radical (unpaired) electrons. The molecule has 1 amide bonds. The van der Waals surface area contributed by atoms with E-state index in [1.807, 2.05) is 47.0 Å². The lowest BCUT2D eigenvalue weighted by molar-refractivity contribution is 0.101. The number of carbonyl (C=O) groups is 2. The third kappa shape index (κ3) is 5.04. The van der Waals surface area contributed by atoms with E-state index < -0.39 is 0 Å². The van der Waals surface area contributed by atoms with E-state index in [2.05, 4.69) is 15.5 Å². The summed E-state index contributed by atoms with van der Waals surface area (Å²) in [5.41, 5.74) is 2.61. The fraction of sp³-hybridized carbons (Fsp3) is 0.0833. The van der Waals surface area contributed by atoms with Gasteiger partial charge in [-0.05, 0) is 48.5 Å². The summed E-state index contributed by atoms with van der Waals surface area (Å²) < 4.78 is 7.07. The number of ketones is 1. The molecule has 7 nitrogen and oxygen atoms in total. The van der Waals surface area contributed by atoms with Gasteiger partial charge in [-0.25, -0.2) is 0 Å². The maximum atomic E-state index is 12.7. The SMILES string of the molecule is COc1cccc(-n2cnnc2SCC(=O)c2ccc(NC(=O)c3ccccc3)cc2)c1. The Morgan fingerprint density at radius 2 is 1.75 bits per heavy atom. The summed E-state index contributed by atoms with van der Waals surface area (Å²) in [5.74, 6) is 0.689. The highest BCUT2D eigenvalue weighted by Crippen LogP contribution is 2.23. The van der Waals surface area contributed by atoms with Gasteiger partial charge in [-0.3, -0.25) is 14.2 Å². The number of nitrogens with one attached hydrogen (secondary N) is 1. The third-order valence-electron chi connectivity index (χ3n) is 4.68. The van der Waals surface area contributed by atoms with Crippen LogP contribution < -0.4 is 10.1 Å². The lowest BCUT2D eigenvalue weighted by Crippen LogP contribution is -2.12. The molecule has 0 bridgehead atoms. The van der Waals surface area contributed by atoms with E-state index in [-0.39, 0.29) is 17.4 Å². The molecule has 32 heavy (non-hydrogen) atoms. The van der Waals surface area contributed by atoms with Crippen molar-refractivity contribution in [3.8, 4) is 11.4 Å². The lowest BCUT2D eigenvalue weighted by atomic mass is 10.1. The Bertz CT molecular complexity index is 1220. The minimum Gasteiger partial charge on any atom is -0.497 e. The molecule has 160 valence electrons. The van der Waals surface area contributed by atoms with Gasteiger partial charge in [-0.15, -0.1) is 10.2 Å². The van der Waals surface area contributed by atoms with Crippen LogP contribution in [0.2, 0.25) is 0 Å². The molecule has 0 aliphatic rings. The van der Waals surface area contributed by atoms with Crippen molar-refractivity contribution < 1.29 is 14.3 Å². The summed E-state index contributed by atoms with van der Waals surface area (Å²) in [5, 5.41) is 11.5. The number of amides is 1. The third-order valence-corrected chi connectivity index (χ3v) is 5.62. The first kappa shape index (κ1) is 21.3. The number of benzene rings is 3. The van der Waals surface area contributed by atoms with Crippen LogP contribution in [0.3, 0.4) is 0 Å². The van der Waals surface area contributed by atoms with Gasteiger partial charge >= 0.3 is 0 Å². The summed E-state index contributed by atoms with van der Waals surface area (Å²) in [7, 11) is 1.61. The summed E-state index contributed by atoms with van der Waals surface area (Å²) in [6, 6.07) is 23.3. The van der Waals surface area contributed by atoms with E-state index in [0.717, 1.165) is 11.4 Å². The number of anilines is 1. The van der Waals surface area contributed by atoms with Gasteiger partial charge in [0.2, 0.25) is 0 Å². The summed E-state index contributed by atoms with van der Waals surface area (Å²) >= 11 is 1.31. The average molecular weight is 445 g/mol. The first-order chi connectivity index (χ1) is 15.6. The molecule has 3 aromatic carbocycles. The summed E-state index contributed by atoms with van der Waals surface area (Å²) in [6.07, 6.45) is 1.60. The Balaban J connectivity index is 1.38. The van der Waals surface area contributed by atoms with Gasteiger partial charge in [0.25, 0.3) is 5.91 Å². The van der Waals surface area contributed by atoms with E-state index in [1.165, 1.54) is 11.8 Å². The number of hydrogen-bond acceptors (Lipinski definition) is 6. The molecule has 1 aromatic heterocycles. The maximum Gasteiger partial charge on any atom is 0.255 e. The van der Waals surface area contributed by atoms with Gasteiger partial charge in [-0.1, -0.05) is 36.0 Å². The van der Waals surface area contributed by atoms with E-state index in [4.69, 9.17) is 4.74 Å². The van der Waals surface area contributed by atoms with Crippen molar-refractivity contribution >= 4 is 29.1 Å². The fourth-order valence-electron chi connectivity index (χ4n) is 3.01. The van der Waals surface area contributed by atoms with Crippen LogP contribution in [-0.4, -0.2) is 39.3 Å². The van der Waals surface area contributed by atoms with Crippen molar-refractivity contribution in [3.05, 3.63) is 96.3 Å². The number of methoxy groups -OCH3 is 1. The predicted octanol–water partition coefficient (Wildman–Crippen LogP) is 4.50. The number of aromatic nitrogens is 3. The Hall–Kier alpha value is -3.91. The Labute approximate surface area is 189 Å². The van der Waals surface area contributed by atoms with Crippen LogP contribution in [0.15, 0.2) is 90.3 Å². The van der Waals surface area contributed by atoms with Crippen LogP contribution >= 0.6 is 11.8 Å². The molecule has 0 unspecified atom stereocenters. The second-order valence-electron chi connectivity index (χ2n) is 6.79. The second kappa shape index (κ2) is 9.93. The second-order valence-corrected chi connectivity index (χ2v) is 7.74. The topological polar surface area (TPSA) is 86.1 Å². The number of nitrogens with zero attached hydrogens (tertiary/aromatic N) is 3. The predicted molar refractivity (Wildman–Crippen MR) is 124 cm³/mol. The van der Waals surface area contributed by atoms with E-state index in [0.29, 0.717) is 22.0 Å². The minimum absolute atomic E-state index is 0.0453. The lowest BCUT2D eigenvalue weighted by Gasteiger charge is -2.08. The minimum atomic E-state index is -0.197. The highest BCUT2D eigenvalue weighted by Gasteiger charge is 2.13. The van der Waals surface area contributed by atoms with E-state index >= 15 is 0 Å². The van der Waals surface area contributed by atoms with Crippen molar-refractivity contribution in [2.75, 3.05) is 18.2 Å². The standard InChI is InChI=1S/C24H20N4O3S/c1-31-21-9-5-8-20(14-21)28-16-25-27-24(28)32-15-22(29)17-10-12-19(13-11-17)26-23(30)18-6-3-2-4-7-18/h2-14,16H,15H2,1H3,(H,26,30). The molecule has 4 aromatic rings. The Morgan fingerprint density at radius 1 is 0.969 bits per heavy atom. The largest absolute Gasteiger partial charge is 0.497 e. The molecule has 1 heterocycles. The van der Waals surface area contributed by atoms with Crippen LogP contribution in [0.4, 0.5) is 5.69 Å². The summed E-state index contributed by atoms with van der Waals surface area (Å²) in [4.78, 5) is 24.9. The highest BCUT2D eigenvalue weighted by atomic mass is 32.2. The zero-order valence-corrected chi connectivity index (χ0v) is 18.1. The van der Waals surface area contributed by atoms with E-state index in [9.17, 15) is 9.59 Å². The molecule has 0 aliphatic carbocycles. The Morgan fingerprint density at radius 3 is 2.50 bits per heavy atom. The van der Waals surface area contributed by atoms with Crippen molar-refractivity contribution in [1.29, 1.82) is 0 Å². The molecule has 0 saturated carbocycles. The first-order valence-corrected chi connectivity index (χ1v) is 10.8. The normalized spacial score (nSPS) is 10.5. The monoisotopic (exact) mass is 444 g/mol. The van der Waals surface area contributed by atoms with Gasteiger partial charge in [0, 0.05) is 22.9 Å². The van der Waals surface area contributed by atoms with Crippen molar-refractivity contribution in [2.45, 2.75) is 5.16 Å². The van der Waals surface area contributed by atoms with Crippen molar-refractivity contribution in [2.24, 2.45) is 0 Å². The van der Waals surface area contributed by atoms with Crippen molar-refractivity contribution in [1.82, 2.24) is 14.8 Å². The number of carbonyl (C=O) groups excluding carboxylic acids is 2. The smallest absolute Gasteiger partial charge is 0.255 e. The molecule has 0 aliphatic heterocycles. The number of rotatable bonds is 8. The van der Waals surface area contributed by atoms with Crippen molar-refractivity contribution in [3.63, 3.8) is 0 Å². The van der Waals surface area contributed by atoms with Gasteiger partial charge in [0.1, 0.15) is 12.1 Å². The van der Waals surface area contributed by atoms with Crippen LogP contribution in [-0.2, 0) is 0 Å². The molecule has 4 rings (SSSR count). The maximum absolute atomic E-state index is 12.7. The zero-order chi connectivity index (χ0) is 22.3. The first-order valence-electron chi connectivity index (χ1n) is 9.81. The van der Waals surface area contributed by atoms with Crippen LogP contribution in [0.1, 0.15) is 20.7 Å². The highest BCUT2D eigenvalue weighted by molar-refractivity contribution is 7.99. The van der Waals surface area contributed by atoms with Crippen LogP contribution in [0.25, 0.3) is 5.69 Å². The molecule has 8 heteroatoms. The quantitative estimate of drug-likeness (QED) is 0.318. The fourth-order valence-corrected chi connectivity index (χ4v) is 3.83. The number of Topliss-reactive ketones (excluding diaryl/α,β-unsaturated/α-hetero) is 1. The Kier molecular flexibility index (Phi) is 6.62. The van der Waals surface area contributed by atoms with Gasteiger partial charge in [-0.2, -0.15) is 0 Å².